The lowest BCUT2D eigenvalue weighted by Gasteiger charge is -2.09. The number of nitrogens with one attached hydrogen (secondary N) is 2. The van der Waals surface area contributed by atoms with Crippen LogP contribution in [0.2, 0.25) is 0 Å². The summed E-state index contributed by atoms with van der Waals surface area (Å²) in [4.78, 5) is 42.0. The maximum Gasteiger partial charge on any atom is 0.251 e. The van der Waals surface area contributed by atoms with E-state index in [0.717, 1.165) is 4.90 Å². The second kappa shape index (κ2) is 7.98. The first kappa shape index (κ1) is 17.3. The third kappa shape index (κ3) is 4.97. The fourth-order valence-corrected chi connectivity index (χ4v) is 3.13. The molecule has 0 saturated carbocycles. The highest BCUT2D eigenvalue weighted by Gasteiger charge is 2.11. The van der Waals surface area contributed by atoms with E-state index in [2.05, 4.69) is 15.3 Å². The van der Waals surface area contributed by atoms with Crippen LogP contribution in [0.15, 0.2) is 45.3 Å². The molecule has 1 aromatic carbocycles. The Kier molecular flexibility index (Phi) is 6.00. The number of hydrogen-bond donors (Lipinski definition) is 2. The monoisotopic (exact) mass is 349 g/mol. The molecule has 0 atom stereocenters. The summed E-state index contributed by atoms with van der Waals surface area (Å²) in [6.45, 7) is 1.44. The molecule has 0 spiro atoms. The minimum absolute atomic E-state index is 0.0776. The number of Topliss-reactive ketones (excluding diaryl/α,β-unsaturated/α-hetero) is 1. The molecule has 0 bridgehead atoms. The molecule has 23 heavy (non-hydrogen) atoms. The standard InChI is InChI=1S/C15H15N3O3S2/c1-9(19)17-11-4-3-10(7-13(11)22-2)12(20)8-23-15-16-6-5-14(21)18-15/h3-7H,8H2,1-2H3,(H,17,19)(H,16,18,21). The van der Waals surface area contributed by atoms with Crippen LogP contribution in [-0.2, 0) is 4.79 Å². The summed E-state index contributed by atoms with van der Waals surface area (Å²) in [7, 11) is 0. The Balaban J connectivity index is 2.10. The molecule has 1 aromatic heterocycles. The summed E-state index contributed by atoms with van der Waals surface area (Å²) in [5.41, 5.74) is 0.983. The zero-order chi connectivity index (χ0) is 16.8. The van der Waals surface area contributed by atoms with Gasteiger partial charge in [0.1, 0.15) is 0 Å². The van der Waals surface area contributed by atoms with Gasteiger partial charge in [0.15, 0.2) is 10.9 Å². The van der Waals surface area contributed by atoms with Crippen LogP contribution in [0.1, 0.15) is 17.3 Å². The van der Waals surface area contributed by atoms with Gasteiger partial charge < -0.3 is 10.3 Å². The molecule has 0 aliphatic heterocycles. The van der Waals surface area contributed by atoms with E-state index in [9.17, 15) is 14.4 Å². The Hall–Kier alpha value is -2.06. The molecule has 0 aliphatic carbocycles. The number of carbonyl (C=O) groups excluding carboxylic acids is 2. The summed E-state index contributed by atoms with van der Waals surface area (Å²) in [5.74, 6) is -0.0690. The predicted molar refractivity (Wildman–Crippen MR) is 92.4 cm³/mol. The molecule has 2 N–H and O–H groups in total. The highest BCUT2D eigenvalue weighted by atomic mass is 32.2. The van der Waals surface area contributed by atoms with Crippen molar-refractivity contribution in [2.75, 3.05) is 17.3 Å². The van der Waals surface area contributed by atoms with Crippen molar-refractivity contribution in [1.29, 1.82) is 0 Å². The van der Waals surface area contributed by atoms with Gasteiger partial charge in [0.05, 0.1) is 11.4 Å². The Bertz CT molecular complexity index is 790. The molecule has 120 valence electrons. The van der Waals surface area contributed by atoms with Crippen LogP contribution in [0, 0.1) is 0 Å². The number of aromatic amines is 1. The van der Waals surface area contributed by atoms with Gasteiger partial charge in [0.25, 0.3) is 5.56 Å². The van der Waals surface area contributed by atoms with Crippen LogP contribution < -0.4 is 10.9 Å². The Labute approximate surface area is 141 Å². The average molecular weight is 349 g/mol. The van der Waals surface area contributed by atoms with Crippen molar-refractivity contribution in [2.45, 2.75) is 17.0 Å². The lowest BCUT2D eigenvalue weighted by molar-refractivity contribution is -0.114. The van der Waals surface area contributed by atoms with E-state index < -0.39 is 0 Å². The van der Waals surface area contributed by atoms with Crippen molar-refractivity contribution >= 4 is 40.9 Å². The van der Waals surface area contributed by atoms with Crippen LogP contribution in [0.25, 0.3) is 0 Å². The quantitative estimate of drug-likeness (QED) is 0.473. The Morgan fingerprint density at radius 1 is 1.30 bits per heavy atom. The van der Waals surface area contributed by atoms with Gasteiger partial charge in [-0.15, -0.1) is 11.8 Å². The molecule has 1 heterocycles. The smallest absolute Gasteiger partial charge is 0.251 e. The van der Waals surface area contributed by atoms with Crippen molar-refractivity contribution in [3.05, 3.63) is 46.4 Å². The van der Waals surface area contributed by atoms with Gasteiger partial charge in [-0.2, -0.15) is 0 Å². The molecule has 2 aromatic rings. The number of H-pyrrole nitrogens is 1. The Morgan fingerprint density at radius 2 is 2.09 bits per heavy atom. The van der Waals surface area contributed by atoms with E-state index in [4.69, 9.17) is 0 Å². The number of rotatable bonds is 6. The SMILES string of the molecule is CSc1cc(C(=O)CSc2nccc(=O)[nH]2)ccc1NC(C)=O. The molecule has 6 nitrogen and oxygen atoms in total. The van der Waals surface area contributed by atoms with Crippen LogP contribution in [0.4, 0.5) is 5.69 Å². The molecule has 2 rings (SSSR count). The largest absolute Gasteiger partial charge is 0.325 e. The van der Waals surface area contributed by atoms with E-state index >= 15 is 0 Å². The number of anilines is 1. The molecule has 0 saturated heterocycles. The minimum Gasteiger partial charge on any atom is -0.325 e. The first-order valence-electron chi connectivity index (χ1n) is 6.66. The summed E-state index contributed by atoms with van der Waals surface area (Å²) in [6, 6.07) is 6.46. The fraction of sp³-hybridized carbons (Fsp3) is 0.200. The average Bonchev–Trinajstić information content (AvgIpc) is 2.52. The van der Waals surface area contributed by atoms with Crippen molar-refractivity contribution in [3.8, 4) is 0 Å². The molecule has 0 radical (unpaired) electrons. The number of amides is 1. The van der Waals surface area contributed by atoms with Gasteiger partial charge >= 0.3 is 0 Å². The normalized spacial score (nSPS) is 10.3. The van der Waals surface area contributed by atoms with Gasteiger partial charge in [0.2, 0.25) is 5.91 Å². The second-order valence-electron chi connectivity index (χ2n) is 4.55. The van der Waals surface area contributed by atoms with Crippen molar-refractivity contribution in [1.82, 2.24) is 9.97 Å². The number of nitrogens with zero attached hydrogens (tertiary/aromatic N) is 1. The lowest BCUT2D eigenvalue weighted by Crippen LogP contribution is -2.09. The molecule has 0 fully saturated rings. The number of aromatic nitrogens is 2. The third-order valence-corrected chi connectivity index (χ3v) is 4.49. The first-order chi connectivity index (χ1) is 11.0. The van der Waals surface area contributed by atoms with E-state index in [1.165, 1.54) is 42.7 Å². The molecular weight excluding hydrogens is 334 g/mol. The maximum atomic E-state index is 12.3. The molecular formula is C15H15N3O3S2. The zero-order valence-electron chi connectivity index (χ0n) is 12.6. The van der Waals surface area contributed by atoms with Gasteiger partial charge in [-0.3, -0.25) is 14.4 Å². The third-order valence-electron chi connectivity index (χ3n) is 2.82. The number of benzene rings is 1. The molecule has 0 aliphatic rings. The second-order valence-corrected chi connectivity index (χ2v) is 6.36. The first-order valence-corrected chi connectivity index (χ1v) is 8.87. The molecule has 1 amide bonds. The van der Waals surface area contributed by atoms with E-state index in [0.29, 0.717) is 16.4 Å². The summed E-state index contributed by atoms with van der Waals surface area (Å²) < 4.78 is 0. The van der Waals surface area contributed by atoms with Crippen molar-refractivity contribution in [2.24, 2.45) is 0 Å². The number of thioether (sulfide) groups is 2. The number of ketones is 1. The summed E-state index contributed by atoms with van der Waals surface area (Å²) >= 11 is 2.62. The molecule has 0 unspecified atom stereocenters. The number of carbonyl (C=O) groups is 2. The summed E-state index contributed by atoms with van der Waals surface area (Å²) in [5, 5.41) is 3.14. The van der Waals surface area contributed by atoms with Gasteiger partial charge in [-0.05, 0) is 24.5 Å². The van der Waals surface area contributed by atoms with Crippen LogP contribution in [0.5, 0.6) is 0 Å². The highest BCUT2D eigenvalue weighted by Crippen LogP contribution is 2.27. The van der Waals surface area contributed by atoms with Gasteiger partial charge in [-0.1, -0.05) is 11.8 Å². The van der Waals surface area contributed by atoms with E-state index in [1.54, 1.807) is 18.2 Å². The maximum absolute atomic E-state index is 12.3. The number of hydrogen-bond acceptors (Lipinski definition) is 6. The van der Waals surface area contributed by atoms with Gasteiger partial charge in [0, 0.05) is 29.6 Å². The van der Waals surface area contributed by atoms with Gasteiger partial charge in [-0.25, -0.2) is 4.98 Å². The van der Waals surface area contributed by atoms with E-state index in [1.807, 2.05) is 6.26 Å². The van der Waals surface area contributed by atoms with Crippen LogP contribution in [-0.4, -0.2) is 33.7 Å². The minimum atomic E-state index is -0.251. The Morgan fingerprint density at radius 3 is 2.74 bits per heavy atom. The topological polar surface area (TPSA) is 91.9 Å². The van der Waals surface area contributed by atoms with Crippen LogP contribution >= 0.6 is 23.5 Å². The van der Waals surface area contributed by atoms with Crippen LogP contribution in [0.3, 0.4) is 0 Å². The molecule has 8 heteroatoms. The highest BCUT2D eigenvalue weighted by molar-refractivity contribution is 7.99. The predicted octanol–water partition coefficient (Wildman–Crippen LogP) is 2.43. The van der Waals surface area contributed by atoms with E-state index in [-0.39, 0.29) is 23.0 Å². The fourth-order valence-electron chi connectivity index (χ4n) is 1.80. The van der Waals surface area contributed by atoms with Crippen molar-refractivity contribution in [3.63, 3.8) is 0 Å². The zero-order valence-corrected chi connectivity index (χ0v) is 14.2. The lowest BCUT2D eigenvalue weighted by atomic mass is 10.1. The van der Waals surface area contributed by atoms with Crippen molar-refractivity contribution < 1.29 is 9.59 Å². The summed E-state index contributed by atoms with van der Waals surface area (Å²) in [6.07, 6.45) is 3.28.